The predicted molar refractivity (Wildman–Crippen MR) is 89.6 cm³/mol. The van der Waals surface area contributed by atoms with Crippen LogP contribution >= 0.6 is 0 Å². The molecule has 0 aromatic heterocycles. The first kappa shape index (κ1) is 18.9. The maximum Gasteiger partial charge on any atom is 0.245 e. The number of carbonyl (C=O) groups is 2. The van der Waals surface area contributed by atoms with Crippen molar-refractivity contribution >= 4 is 11.8 Å². The number of carbonyl (C=O) groups excluding carboxylic acids is 2. The number of piperidine rings is 1. The van der Waals surface area contributed by atoms with Crippen molar-refractivity contribution in [2.45, 2.75) is 65.0 Å². The van der Waals surface area contributed by atoms with Gasteiger partial charge in [-0.2, -0.15) is 0 Å². The zero-order valence-electron chi connectivity index (χ0n) is 14.9. The van der Waals surface area contributed by atoms with Gasteiger partial charge in [0.15, 0.2) is 0 Å². The molecule has 3 atom stereocenters. The van der Waals surface area contributed by atoms with Gasteiger partial charge in [0.2, 0.25) is 11.8 Å². The van der Waals surface area contributed by atoms with E-state index in [0.29, 0.717) is 0 Å². The number of amides is 2. The van der Waals surface area contributed by atoms with Crippen molar-refractivity contribution in [1.29, 1.82) is 0 Å². The summed E-state index contributed by atoms with van der Waals surface area (Å²) in [6.45, 7) is 7.83. The molecule has 0 aromatic carbocycles. The zero-order chi connectivity index (χ0) is 16.7. The molecule has 0 spiro atoms. The Morgan fingerprint density at radius 3 is 2.55 bits per heavy atom. The van der Waals surface area contributed by atoms with Crippen LogP contribution in [0.25, 0.3) is 0 Å². The van der Waals surface area contributed by atoms with Gasteiger partial charge in [0.05, 0.1) is 6.04 Å². The van der Waals surface area contributed by atoms with Gasteiger partial charge in [-0.15, -0.1) is 0 Å². The van der Waals surface area contributed by atoms with Crippen molar-refractivity contribution < 1.29 is 9.59 Å². The average Bonchev–Trinajstić information content (AvgIpc) is 2.51. The Bertz CT molecular complexity index is 373. The molecule has 0 radical (unpaired) electrons. The van der Waals surface area contributed by atoms with E-state index in [1.807, 2.05) is 21.0 Å². The molecular formula is C17H33N3O2. The molecule has 0 bridgehead atoms. The van der Waals surface area contributed by atoms with Crippen LogP contribution in [0.4, 0.5) is 0 Å². The summed E-state index contributed by atoms with van der Waals surface area (Å²) in [7, 11) is 3.81. The molecule has 1 heterocycles. The zero-order valence-corrected chi connectivity index (χ0v) is 14.9. The number of hydrogen-bond acceptors (Lipinski definition) is 3. The minimum atomic E-state index is -0.413. The number of likely N-dealkylation sites (tertiary alicyclic amines) is 1. The highest BCUT2D eigenvalue weighted by Crippen LogP contribution is 2.17. The SMILES string of the molecule is CCCN(C)C(=O)[C@@H](NC(=O)[C@H]1CCCCN1C)[C@@H](C)CC. The normalized spacial score (nSPS) is 22.0. The van der Waals surface area contributed by atoms with E-state index in [0.717, 1.165) is 45.2 Å². The highest BCUT2D eigenvalue weighted by Gasteiger charge is 2.32. The summed E-state index contributed by atoms with van der Waals surface area (Å²) in [6.07, 6.45) is 4.91. The first-order valence-electron chi connectivity index (χ1n) is 8.67. The second-order valence-electron chi connectivity index (χ2n) is 6.62. The number of nitrogens with one attached hydrogen (secondary N) is 1. The van der Waals surface area contributed by atoms with Gasteiger partial charge in [0.1, 0.15) is 6.04 Å². The third-order valence-corrected chi connectivity index (χ3v) is 4.79. The molecule has 1 aliphatic rings. The van der Waals surface area contributed by atoms with Crippen molar-refractivity contribution in [2.75, 3.05) is 27.2 Å². The fraction of sp³-hybridized carbons (Fsp3) is 0.882. The third-order valence-electron chi connectivity index (χ3n) is 4.79. The monoisotopic (exact) mass is 311 g/mol. The molecule has 0 aliphatic carbocycles. The molecule has 1 saturated heterocycles. The van der Waals surface area contributed by atoms with E-state index in [1.165, 1.54) is 0 Å². The Morgan fingerprint density at radius 2 is 2.00 bits per heavy atom. The van der Waals surface area contributed by atoms with Crippen molar-refractivity contribution in [2.24, 2.45) is 5.92 Å². The van der Waals surface area contributed by atoms with E-state index < -0.39 is 6.04 Å². The lowest BCUT2D eigenvalue weighted by Gasteiger charge is -2.34. The lowest BCUT2D eigenvalue weighted by atomic mass is 9.96. The fourth-order valence-corrected chi connectivity index (χ4v) is 3.02. The van der Waals surface area contributed by atoms with E-state index in [2.05, 4.69) is 24.1 Å². The highest BCUT2D eigenvalue weighted by molar-refractivity contribution is 5.90. The van der Waals surface area contributed by atoms with Crippen LogP contribution < -0.4 is 5.32 Å². The molecule has 5 heteroatoms. The summed E-state index contributed by atoms with van der Waals surface area (Å²) in [6, 6.07) is -0.506. The Hall–Kier alpha value is -1.10. The molecule has 1 aliphatic heterocycles. The van der Waals surface area contributed by atoms with Crippen molar-refractivity contribution in [1.82, 2.24) is 15.1 Å². The summed E-state index contributed by atoms with van der Waals surface area (Å²) < 4.78 is 0. The first-order valence-corrected chi connectivity index (χ1v) is 8.67. The van der Waals surface area contributed by atoms with Crippen molar-refractivity contribution in [3.05, 3.63) is 0 Å². The number of likely N-dealkylation sites (N-methyl/N-ethyl adjacent to an activating group) is 2. The van der Waals surface area contributed by atoms with Crippen LogP contribution in [-0.2, 0) is 9.59 Å². The molecule has 22 heavy (non-hydrogen) atoms. The second kappa shape index (κ2) is 9.13. The van der Waals surface area contributed by atoms with Crippen LogP contribution in [0.15, 0.2) is 0 Å². The van der Waals surface area contributed by atoms with Crippen molar-refractivity contribution in [3.63, 3.8) is 0 Å². The summed E-state index contributed by atoms with van der Waals surface area (Å²) in [5, 5.41) is 3.04. The first-order chi connectivity index (χ1) is 10.4. The maximum absolute atomic E-state index is 12.6. The lowest BCUT2D eigenvalue weighted by molar-refractivity contribution is -0.138. The Kier molecular flexibility index (Phi) is 7.87. The molecule has 128 valence electrons. The summed E-state index contributed by atoms with van der Waals surface area (Å²) in [5.41, 5.74) is 0. The molecule has 2 amide bonds. The Morgan fingerprint density at radius 1 is 1.32 bits per heavy atom. The van der Waals surface area contributed by atoms with Gasteiger partial charge >= 0.3 is 0 Å². The maximum atomic E-state index is 12.6. The molecule has 1 N–H and O–H groups in total. The van der Waals surface area contributed by atoms with Crippen LogP contribution in [0, 0.1) is 5.92 Å². The molecule has 1 rings (SSSR count). The van der Waals surface area contributed by atoms with Gasteiger partial charge in [-0.1, -0.05) is 33.6 Å². The molecular weight excluding hydrogens is 278 g/mol. The van der Waals surface area contributed by atoms with Gasteiger partial charge in [-0.3, -0.25) is 14.5 Å². The molecule has 0 saturated carbocycles. The van der Waals surface area contributed by atoms with E-state index in [-0.39, 0.29) is 23.8 Å². The average molecular weight is 311 g/mol. The van der Waals surface area contributed by atoms with Gasteiger partial charge in [0.25, 0.3) is 0 Å². The lowest BCUT2D eigenvalue weighted by Crippen LogP contribution is -2.56. The minimum absolute atomic E-state index is 0.00532. The molecule has 0 unspecified atom stereocenters. The smallest absolute Gasteiger partial charge is 0.245 e. The quantitative estimate of drug-likeness (QED) is 0.781. The largest absolute Gasteiger partial charge is 0.344 e. The highest BCUT2D eigenvalue weighted by atomic mass is 16.2. The van der Waals surface area contributed by atoms with Crippen LogP contribution in [-0.4, -0.2) is 60.9 Å². The third kappa shape index (κ3) is 4.97. The van der Waals surface area contributed by atoms with Gasteiger partial charge in [-0.25, -0.2) is 0 Å². The van der Waals surface area contributed by atoms with Crippen LogP contribution in [0.3, 0.4) is 0 Å². The van der Waals surface area contributed by atoms with E-state index in [1.54, 1.807) is 4.90 Å². The van der Waals surface area contributed by atoms with Gasteiger partial charge in [-0.05, 0) is 38.8 Å². The van der Waals surface area contributed by atoms with Crippen LogP contribution in [0.5, 0.6) is 0 Å². The molecule has 0 aromatic rings. The second-order valence-corrected chi connectivity index (χ2v) is 6.62. The van der Waals surface area contributed by atoms with Gasteiger partial charge < -0.3 is 10.2 Å². The van der Waals surface area contributed by atoms with Crippen LogP contribution in [0.2, 0.25) is 0 Å². The summed E-state index contributed by atoms with van der Waals surface area (Å²) in [4.78, 5) is 29.1. The number of rotatable bonds is 7. The molecule has 5 nitrogen and oxygen atoms in total. The topological polar surface area (TPSA) is 52.7 Å². The van der Waals surface area contributed by atoms with Crippen molar-refractivity contribution in [3.8, 4) is 0 Å². The fourth-order valence-electron chi connectivity index (χ4n) is 3.02. The summed E-state index contributed by atoms with van der Waals surface area (Å²) in [5.74, 6) is 0.179. The van der Waals surface area contributed by atoms with E-state index >= 15 is 0 Å². The van der Waals surface area contributed by atoms with Gasteiger partial charge in [0, 0.05) is 13.6 Å². The summed E-state index contributed by atoms with van der Waals surface area (Å²) >= 11 is 0. The van der Waals surface area contributed by atoms with Crippen LogP contribution in [0.1, 0.15) is 52.9 Å². The number of nitrogens with zero attached hydrogens (tertiary/aromatic N) is 2. The van der Waals surface area contributed by atoms with E-state index in [9.17, 15) is 9.59 Å². The Labute approximate surface area is 135 Å². The number of hydrogen-bond donors (Lipinski definition) is 1. The predicted octanol–water partition coefficient (Wildman–Crippen LogP) is 1.87. The Balaban J connectivity index is 2.75. The van der Waals surface area contributed by atoms with E-state index in [4.69, 9.17) is 0 Å². The molecule has 1 fully saturated rings. The standard InChI is InChI=1S/C17H33N3O2/c1-6-11-20(5)17(22)15(13(3)7-2)18-16(21)14-10-8-9-12-19(14)4/h13-15H,6-12H2,1-5H3,(H,18,21)/t13-,14+,15-/m0/s1. The minimum Gasteiger partial charge on any atom is -0.344 e.